The number of aliphatic hydroxyl groups is 1. The Balaban J connectivity index is 4.51. The van der Waals surface area contributed by atoms with Crippen LogP contribution in [-0.2, 0) is 0 Å². The first-order valence-corrected chi connectivity index (χ1v) is 16.4. The number of hydrogen-bond donors (Lipinski definition) is 1. The predicted octanol–water partition coefficient (Wildman–Crippen LogP) is 5.61. The van der Waals surface area contributed by atoms with Gasteiger partial charge in [-0.05, 0) is 0 Å². The normalized spacial score (nSPS) is 13.8. The van der Waals surface area contributed by atoms with Gasteiger partial charge >= 0.3 is 120 Å². The summed E-state index contributed by atoms with van der Waals surface area (Å²) in [6.07, 6.45) is 9.40. The van der Waals surface area contributed by atoms with E-state index in [-0.39, 0.29) is 6.10 Å². The fraction of sp³-hybridized carbons (Fsp3) is 1.00. The molecule has 0 spiro atoms. The van der Waals surface area contributed by atoms with Gasteiger partial charge in [-0.1, -0.05) is 0 Å². The maximum absolute atomic E-state index is 9.63. The van der Waals surface area contributed by atoms with Crippen molar-refractivity contribution in [3.8, 4) is 0 Å². The molecular weight excluding hydrogens is 327 g/mol. The summed E-state index contributed by atoms with van der Waals surface area (Å²) in [6.45, 7) is 8.94. The van der Waals surface area contributed by atoms with Crippen molar-refractivity contribution >= 4 is 18.4 Å². The molecule has 1 N–H and O–H groups in total. The van der Waals surface area contributed by atoms with Crippen LogP contribution in [0.15, 0.2) is 0 Å². The van der Waals surface area contributed by atoms with Crippen molar-refractivity contribution in [2.24, 2.45) is 0 Å². The molecule has 0 aromatic rings. The van der Waals surface area contributed by atoms with Gasteiger partial charge in [0.15, 0.2) is 0 Å². The van der Waals surface area contributed by atoms with Crippen LogP contribution < -0.4 is 0 Å². The first-order valence-electron chi connectivity index (χ1n) is 8.28. The third kappa shape index (κ3) is 8.79. The zero-order valence-electron chi connectivity index (χ0n) is 13.3. The second-order valence-corrected chi connectivity index (χ2v) is 20.5. The minimum absolute atomic E-state index is 0.0778. The van der Waals surface area contributed by atoms with Gasteiger partial charge < -0.3 is 0 Å². The van der Waals surface area contributed by atoms with Gasteiger partial charge in [0, 0.05) is 0 Å². The summed E-state index contributed by atoms with van der Waals surface area (Å²) in [6, 6.07) is 0. The molecule has 18 heavy (non-hydrogen) atoms. The van der Waals surface area contributed by atoms with E-state index in [1.54, 1.807) is 13.3 Å². The van der Waals surface area contributed by atoms with Gasteiger partial charge in [-0.25, -0.2) is 0 Å². The van der Waals surface area contributed by atoms with Crippen LogP contribution >= 0.6 is 0 Å². The summed E-state index contributed by atoms with van der Waals surface area (Å²) in [5.41, 5.74) is 0. The van der Waals surface area contributed by atoms with E-state index in [0.29, 0.717) is 0 Å². The average molecular weight is 363 g/mol. The van der Waals surface area contributed by atoms with Crippen molar-refractivity contribution in [1.82, 2.24) is 0 Å². The third-order valence-electron chi connectivity index (χ3n) is 4.27. The topological polar surface area (TPSA) is 20.2 Å². The van der Waals surface area contributed by atoms with Crippen LogP contribution in [0.3, 0.4) is 0 Å². The summed E-state index contributed by atoms with van der Waals surface area (Å²) in [4.78, 5) is 0. The molecule has 1 nitrogen and oxygen atoms in total. The molecule has 0 saturated carbocycles. The van der Waals surface area contributed by atoms with Gasteiger partial charge in [-0.2, -0.15) is 0 Å². The van der Waals surface area contributed by atoms with Crippen LogP contribution in [-0.4, -0.2) is 29.6 Å². The van der Waals surface area contributed by atoms with E-state index in [4.69, 9.17) is 0 Å². The van der Waals surface area contributed by atoms with Crippen LogP contribution in [0.4, 0.5) is 0 Å². The Morgan fingerprint density at radius 2 is 1.17 bits per heavy atom. The summed E-state index contributed by atoms with van der Waals surface area (Å²) in [5.74, 6) is 0. The van der Waals surface area contributed by atoms with E-state index in [2.05, 4.69) is 20.8 Å². The Morgan fingerprint density at radius 1 is 0.778 bits per heavy atom. The number of aliphatic hydroxyl groups excluding tert-OH is 1. The molecule has 0 amide bonds. The Kier molecular flexibility index (Phi) is 12.1. The van der Waals surface area contributed by atoms with E-state index in [1.165, 1.54) is 43.0 Å². The Morgan fingerprint density at radius 3 is 1.44 bits per heavy atom. The molecule has 0 aromatic heterocycles. The quantitative estimate of drug-likeness (QED) is 0.447. The average Bonchev–Trinajstić information content (AvgIpc) is 2.37. The Bertz CT molecular complexity index is 158. The first-order chi connectivity index (χ1) is 8.60. The van der Waals surface area contributed by atoms with Gasteiger partial charge in [-0.15, -0.1) is 0 Å². The van der Waals surface area contributed by atoms with Gasteiger partial charge in [0.05, 0.1) is 0 Å². The van der Waals surface area contributed by atoms with Crippen molar-refractivity contribution in [2.75, 3.05) is 0 Å². The van der Waals surface area contributed by atoms with Crippen LogP contribution in [0, 0.1) is 0 Å². The molecule has 110 valence electrons. The molecule has 0 aromatic carbocycles. The summed E-state index contributed by atoms with van der Waals surface area (Å²) >= 11 is -1.90. The van der Waals surface area contributed by atoms with Crippen LogP contribution in [0.5, 0.6) is 0 Å². The molecule has 1 atom stereocenters. The SMILES string of the molecule is CCC[CH2][Sn]([CH2]CCC)([CH2]CCC)[CH2]CC(C)O. The Labute approximate surface area is 120 Å². The summed E-state index contributed by atoms with van der Waals surface area (Å²) < 4.78 is 6.18. The number of unbranched alkanes of at least 4 members (excludes halogenated alkanes) is 3. The molecule has 0 fully saturated rings. The summed E-state index contributed by atoms with van der Waals surface area (Å²) in [5, 5.41) is 9.63. The molecule has 2 heteroatoms. The van der Waals surface area contributed by atoms with Gasteiger partial charge in [0.1, 0.15) is 0 Å². The molecule has 0 aliphatic heterocycles. The van der Waals surface area contributed by atoms with E-state index in [1.807, 2.05) is 6.92 Å². The van der Waals surface area contributed by atoms with Crippen LogP contribution in [0.2, 0.25) is 17.7 Å². The summed E-state index contributed by atoms with van der Waals surface area (Å²) in [7, 11) is 0. The number of rotatable bonds is 12. The third-order valence-corrected chi connectivity index (χ3v) is 20.2. The predicted molar refractivity (Wildman–Crippen MR) is 86.0 cm³/mol. The fourth-order valence-electron chi connectivity index (χ4n) is 2.92. The molecule has 1 unspecified atom stereocenters. The molecule has 0 aliphatic carbocycles. The van der Waals surface area contributed by atoms with Crippen molar-refractivity contribution in [1.29, 1.82) is 0 Å². The van der Waals surface area contributed by atoms with Gasteiger partial charge in [0.25, 0.3) is 0 Å². The van der Waals surface area contributed by atoms with E-state index < -0.39 is 18.4 Å². The molecule has 0 heterocycles. The molecule has 0 saturated heterocycles. The zero-order chi connectivity index (χ0) is 13.9. The van der Waals surface area contributed by atoms with Gasteiger partial charge in [0.2, 0.25) is 0 Å². The standard InChI is InChI=1S/C4H9O.3C4H9.Sn/c1-3-4(2)5;3*1-3-4-2;/h4-5H,1,3H2,2H3;3*1,3-4H2,2H3;. The second kappa shape index (κ2) is 11.6. The monoisotopic (exact) mass is 364 g/mol. The van der Waals surface area contributed by atoms with Crippen molar-refractivity contribution < 1.29 is 5.11 Å². The molecule has 0 aliphatic rings. The molecule has 0 radical (unpaired) electrons. The first kappa shape index (κ1) is 18.8. The van der Waals surface area contributed by atoms with Crippen molar-refractivity contribution in [3.05, 3.63) is 0 Å². The van der Waals surface area contributed by atoms with Gasteiger partial charge in [-0.3, -0.25) is 0 Å². The number of hydrogen-bond acceptors (Lipinski definition) is 1. The van der Waals surface area contributed by atoms with E-state index in [0.717, 1.165) is 6.42 Å². The molecular formula is C16H36OSn. The van der Waals surface area contributed by atoms with Crippen LogP contribution in [0.1, 0.15) is 72.6 Å². The zero-order valence-corrected chi connectivity index (χ0v) is 16.2. The van der Waals surface area contributed by atoms with Crippen molar-refractivity contribution in [3.63, 3.8) is 0 Å². The molecule has 0 rings (SSSR count). The Hall–Kier alpha value is 0.759. The van der Waals surface area contributed by atoms with E-state index >= 15 is 0 Å². The molecule has 0 bridgehead atoms. The maximum atomic E-state index is 9.63. The van der Waals surface area contributed by atoms with E-state index in [9.17, 15) is 5.11 Å². The van der Waals surface area contributed by atoms with Crippen molar-refractivity contribution in [2.45, 2.75) is 96.5 Å². The second-order valence-electron chi connectivity index (χ2n) is 6.20. The van der Waals surface area contributed by atoms with Crippen LogP contribution in [0.25, 0.3) is 0 Å². The minimum atomic E-state index is -1.90. The fourth-order valence-corrected chi connectivity index (χ4v) is 19.6.